The van der Waals surface area contributed by atoms with Crippen molar-refractivity contribution in [2.45, 2.75) is 50.5 Å². The van der Waals surface area contributed by atoms with Gasteiger partial charge in [-0.2, -0.15) is 0 Å². The number of ether oxygens (including phenoxy) is 1. The number of fused-ring (bicyclic) bond motifs is 1. The normalized spacial score (nSPS) is 38.8. The minimum Gasteiger partial charge on any atom is -0.391 e. The highest BCUT2D eigenvalue weighted by Crippen LogP contribution is 2.34. The molecule has 0 amide bonds. The van der Waals surface area contributed by atoms with E-state index in [0.29, 0.717) is 19.6 Å². The van der Waals surface area contributed by atoms with E-state index < -0.39 is 9.28 Å². The lowest BCUT2D eigenvalue weighted by Gasteiger charge is -2.42. The van der Waals surface area contributed by atoms with E-state index in [1.54, 1.807) is 0 Å². The number of hydrogen-bond donors (Lipinski definition) is 1. The Balaban J connectivity index is 1.97. The number of aliphatic hydroxyl groups excluding tert-OH is 1. The Morgan fingerprint density at radius 2 is 1.93 bits per heavy atom. The van der Waals surface area contributed by atoms with Crippen LogP contribution in [-0.2, 0) is 13.6 Å². The van der Waals surface area contributed by atoms with E-state index >= 15 is 0 Å². The summed E-state index contributed by atoms with van der Waals surface area (Å²) in [5.74, 6) is 0. The summed E-state index contributed by atoms with van der Waals surface area (Å²) in [6, 6.07) is 0. The molecule has 2 fully saturated rings. The van der Waals surface area contributed by atoms with Crippen LogP contribution in [0.5, 0.6) is 0 Å². The zero-order valence-corrected chi connectivity index (χ0v) is 10.5. The maximum atomic E-state index is 9.50. The Labute approximate surface area is 92.4 Å². The molecule has 3 unspecified atom stereocenters. The third kappa shape index (κ3) is 2.60. The molecule has 4 nitrogen and oxygen atoms in total. The van der Waals surface area contributed by atoms with Crippen LogP contribution in [-0.4, -0.2) is 45.9 Å². The summed E-state index contributed by atoms with van der Waals surface area (Å²) in [4.78, 5) is 0. The molecule has 0 aromatic rings. The van der Waals surface area contributed by atoms with E-state index in [9.17, 15) is 5.11 Å². The minimum absolute atomic E-state index is 0.0181. The predicted molar refractivity (Wildman–Crippen MR) is 56.7 cm³/mol. The first-order chi connectivity index (χ1) is 6.97. The molecule has 0 bridgehead atoms. The SMILES string of the molecule is CC(C)(C)[Si]1OCC2OCC(O)CC2O1. The molecule has 0 saturated carbocycles. The molecule has 0 aliphatic carbocycles. The standard InChI is InChI=1S/C10H19O4Si/c1-10(2,3)15-13-6-9-8(14-15)4-7(11)5-12-9/h7-9,11H,4-6H2,1-3H3. The Kier molecular flexibility index (Phi) is 3.19. The molecule has 0 aromatic heterocycles. The first-order valence-corrected chi connectivity index (χ1v) is 6.75. The van der Waals surface area contributed by atoms with E-state index in [4.69, 9.17) is 13.6 Å². The van der Waals surface area contributed by atoms with Gasteiger partial charge in [0.05, 0.1) is 25.4 Å². The number of aliphatic hydroxyl groups is 1. The summed E-state index contributed by atoms with van der Waals surface area (Å²) in [5.41, 5.74) is 0. The molecule has 0 aromatic carbocycles. The molecule has 3 atom stereocenters. The summed E-state index contributed by atoms with van der Waals surface area (Å²) in [6.45, 7) is 7.40. The van der Waals surface area contributed by atoms with Crippen LogP contribution in [0.1, 0.15) is 27.2 Å². The molecule has 87 valence electrons. The van der Waals surface area contributed by atoms with Gasteiger partial charge in [-0.05, 0) is 0 Å². The molecule has 2 aliphatic heterocycles. The summed E-state index contributed by atoms with van der Waals surface area (Å²) >= 11 is 0. The predicted octanol–water partition coefficient (Wildman–Crippen LogP) is 0.840. The van der Waals surface area contributed by atoms with Crippen LogP contribution in [0, 0.1) is 0 Å². The monoisotopic (exact) mass is 231 g/mol. The van der Waals surface area contributed by atoms with Crippen molar-refractivity contribution < 1.29 is 18.7 Å². The Hall–Kier alpha value is 0.0569. The molecule has 1 N–H and O–H groups in total. The van der Waals surface area contributed by atoms with Gasteiger partial charge in [0.25, 0.3) is 0 Å². The average molecular weight is 231 g/mol. The number of rotatable bonds is 0. The first-order valence-electron chi connectivity index (χ1n) is 5.43. The van der Waals surface area contributed by atoms with Crippen molar-refractivity contribution in [3.63, 3.8) is 0 Å². The Morgan fingerprint density at radius 3 is 2.60 bits per heavy atom. The third-order valence-corrected chi connectivity index (χ3v) is 4.84. The maximum Gasteiger partial charge on any atom is 0.391 e. The van der Waals surface area contributed by atoms with Crippen LogP contribution in [0.15, 0.2) is 0 Å². The van der Waals surface area contributed by atoms with E-state index in [2.05, 4.69) is 20.8 Å². The second-order valence-electron chi connectivity index (χ2n) is 5.27. The lowest BCUT2D eigenvalue weighted by molar-refractivity contribution is -0.154. The highest BCUT2D eigenvalue weighted by atomic mass is 28.3. The van der Waals surface area contributed by atoms with Crippen molar-refractivity contribution in [3.8, 4) is 0 Å². The van der Waals surface area contributed by atoms with Gasteiger partial charge >= 0.3 is 9.28 Å². The lowest BCUT2D eigenvalue weighted by atomic mass is 10.0. The van der Waals surface area contributed by atoms with Gasteiger partial charge in [0, 0.05) is 11.5 Å². The maximum absolute atomic E-state index is 9.50. The Bertz CT molecular complexity index is 228. The van der Waals surface area contributed by atoms with Gasteiger partial charge in [0.15, 0.2) is 0 Å². The van der Waals surface area contributed by atoms with Crippen molar-refractivity contribution in [3.05, 3.63) is 0 Å². The van der Waals surface area contributed by atoms with Crippen LogP contribution in [0.25, 0.3) is 0 Å². The topological polar surface area (TPSA) is 47.9 Å². The summed E-state index contributed by atoms with van der Waals surface area (Å²) in [5, 5.41) is 9.57. The second kappa shape index (κ2) is 4.14. The van der Waals surface area contributed by atoms with Crippen molar-refractivity contribution >= 4 is 9.28 Å². The van der Waals surface area contributed by atoms with E-state index in [-0.39, 0.29) is 23.4 Å². The van der Waals surface area contributed by atoms with Gasteiger partial charge in [-0.15, -0.1) is 0 Å². The smallest absolute Gasteiger partial charge is 0.391 e. The molecular weight excluding hydrogens is 212 g/mol. The van der Waals surface area contributed by atoms with Crippen LogP contribution >= 0.6 is 0 Å². The van der Waals surface area contributed by atoms with Crippen molar-refractivity contribution in [2.75, 3.05) is 13.2 Å². The highest BCUT2D eigenvalue weighted by Gasteiger charge is 2.44. The van der Waals surface area contributed by atoms with Gasteiger partial charge < -0.3 is 18.7 Å². The molecule has 1 radical (unpaired) electrons. The largest absolute Gasteiger partial charge is 0.391 e. The highest BCUT2D eigenvalue weighted by molar-refractivity contribution is 6.48. The second-order valence-corrected chi connectivity index (χ2v) is 7.87. The van der Waals surface area contributed by atoms with Gasteiger partial charge in [-0.25, -0.2) is 0 Å². The molecule has 2 aliphatic rings. The van der Waals surface area contributed by atoms with Crippen molar-refractivity contribution in [1.29, 1.82) is 0 Å². The summed E-state index contributed by atoms with van der Waals surface area (Å²) in [7, 11) is -1.25. The molecule has 15 heavy (non-hydrogen) atoms. The summed E-state index contributed by atoms with van der Waals surface area (Å²) in [6.07, 6.45) is 0.339. The van der Waals surface area contributed by atoms with Gasteiger partial charge in [0.2, 0.25) is 0 Å². The van der Waals surface area contributed by atoms with E-state index in [1.165, 1.54) is 0 Å². The molecule has 0 spiro atoms. The quantitative estimate of drug-likeness (QED) is 0.628. The van der Waals surface area contributed by atoms with E-state index in [0.717, 1.165) is 0 Å². The zero-order chi connectivity index (χ0) is 11.1. The lowest BCUT2D eigenvalue weighted by Crippen LogP contribution is -2.54. The third-order valence-electron chi connectivity index (χ3n) is 2.67. The fourth-order valence-corrected chi connectivity index (χ4v) is 3.53. The first kappa shape index (κ1) is 11.5. The van der Waals surface area contributed by atoms with E-state index in [1.807, 2.05) is 0 Å². The van der Waals surface area contributed by atoms with Gasteiger partial charge in [-0.1, -0.05) is 20.8 Å². The minimum atomic E-state index is -1.25. The zero-order valence-electron chi connectivity index (χ0n) is 9.53. The molecule has 2 saturated heterocycles. The molecular formula is C10H19O4Si. The fourth-order valence-electron chi connectivity index (χ4n) is 1.83. The Morgan fingerprint density at radius 1 is 1.20 bits per heavy atom. The van der Waals surface area contributed by atoms with Crippen molar-refractivity contribution in [1.82, 2.24) is 0 Å². The number of hydrogen-bond acceptors (Lipinski definition) is 4. The van der Waals surface area contributed by atoms with Crippen molar-refractivity contribution in [2.24, 2.45) is 0 Å². The van der Waals surface area contributed by atoms with Crippen LogP contribution in [0.2, 0.25) is 5.04 Å². The molecule has 2 rings (SSSR count). The average Bonchev–Trinajstić information content (AvgIpc) is 2.15. The van der Waals surface area contributed by atoms with Crippen LogP contribution < -0.4 is 0 Å². The van der Waals surface area contributed by atoms with Crippen LogP contribution in [0.3, 0.4) is 0 Å². The van der Waals surface area contributed by atoms with Gasteiger partial charge in [0.1, 0.15) is 6.10 Å². The van der Waals surface area contributed by atoms with Crippen LogP contribution in [0.4, 0.5) is 0 Å². The molecule has 2 heterocycles. The van der Waals surface area contributed by atoms with Gasteiger partial charge in [-0.3, -0.25) is 0 Å². The fraction of sp³-hybridized carbons (Fsp3) is 1.00. The summed E-state index contributed by atoms with van der Waals surface area (Å²) < 4.78 is 17.1. The molecule has 5 heteroatoms.